The minimum Gasteiger partial charge on any atom is -0.368 e. The van der Waals surface area contributed by atoms with Gasteiger partial charge in [-0.05, 0) is 24.6 Å². The molecule has 0 aliphatic rings. The lowest BCUT2D eigenvalue weighted by atomic mass is 10.0. The van der Waals surface area contributed by atoms with E-state index in [-0.39, 0.29) is 5.95 Å². The Bertz CT molecular complexity index is 999. The Kier molecular flexibility index (Phi) is 3.38. The van der Waals surface area contributed by atoms with E-state index in [0.717, 1.165) is 16.8 Å². The van der Waals surface area contributed by atoms with Gasteiger partial charge in [-0.1, -0.05) is 12.1 Å². The van der Waals surface area contributed by atoms with E-state index in [1.54, 1.807) is 6.20 Å². The number of hydrogen-bond donors (Lipinski definition) is 4. The molecule has 0 spiro atoms. The Morgan fingerprint density at radius 2 is 2.12 bits per heavy atom. The first-order valence-corrected chi connectivity index (χ1v) is 7.64. The predicted octanol–water partition coefficient (Wildman–Crippen LogP) is 2.91. The summed E-state index contributed by atoms with van der Waals surface area (Å²) < 4.78 is 0. The van der Waals surface area contributed by atoms with Crippen molar-refractivity contribution in [2.75, 3.05) is 11.1 Å². The number of fused-ring (bicyclic) bond motifs is 1. The highest BCUT2D eigenvalue weighted by Crippen LogP contribution is 2.25. The minimum atomic E-state index is 0.230. The molecule has 0 atom stereocenters. The molecule has 0 aliphatic heterocycles. The summed E-state index contributed by atoms with van der Waals surface area (Å²) in [5, 5.41) is 11.5. The van der Waals surface area contributed by atoms with Crippen molar-refractivity contribution in [1.29, 1.82) is 0 Å². The lowest BCUT2D eigenvalue weighted by molar-refractivity contribution is 1.04. The van der Waals surface area contributed by atoms with Crippen LogP contribution in [-0.2, 0) is 6.42 Å². The van der Waals surface area contributed by atoms with Crippen molar-refractivity contribution in [3.05, 3.63) is 59.5 Å². The van der Waals surface area contributed by atoms with E-state index in [4.69, 9.17) is 5.73 Å². The van der Waals surface area contributed by atoms with Crippen LogP contribution in [0.4, 0.5) is 17.6 Å². The molecule has 4 rings (SSSR count). The Hall–Kier alpha value is -3.35. The second-order valence-corrected chi connectivity index (χ2v) is 5.70. The van der Waals surface area contributed by atoms with Gasteiger partial charge in [0.2, 0.25) is 5.95 Å². The summed E-state index contributed by atoms with van der Waals surface area (Å²) in [5.41, 5.74) is 10.00. The topological polar surface area (TPSA) is 108 Å². The number of aryl methyl sites for hydroxylation is 1. The van der Waals surface area contributed by atoms with Crippen molar-refractivity contribution in [2.45, 2.75) is 13.3 Å². The monoisotopic (exact) mass is 319 g/mol. The van der Waals surface area contributed by atoms with Gasteiger partial charge in [0.1, 0.15) is 5.82 Å². The van der Waals surface area contributed by atoms with Gasteiger partial charge in [-0.3, -0.25) is 5.10 Å². The number of aromatic amines is 2. The molecule has 3 aromatic heterocycles. The summed E-state index contributed by atoms with van der Waals surface area (Å²) in [7, 11) is 0. The van der Waals surface area contributed by atoms with Gasteiger partial charge in [-0.2, -0.15) is 10.1 Å². The maximum Gasteiger partial charge on any atom is 0.221 e. The fourth-order valence-corrected chi connectivity index (χ4v) is 2.77. The fraction of sp³-hybridized carbons (Fsp3) is 0.118. The Labute approximate surface area is 138 Å². The van der Waals surface area contributed by atoms with Crippen LogP contribution in [0.25, 0.3) is 10.9 Å². The van der Waals surface area contributed by atoms with E-state index >= 15 is 0 Å². The van der Waals surface area contributed by atoms with Crippen LogP contribution < -0.4 is 11.1 Å². The van der Waals surface area contributed by atoms with Gasteiger partial charge in [-0.15, -0.1) is 0 Å². The zero-order chi connectivity index (χ0) is 16.5. The molecule has 3 heterocycles. The van der Waals surface area contributed by atoms with Crippen LogP contribution in [0.15, 0.2) is 42.7 Å². The molecule has 7 nitrogen and oxygen atoms in total. The number of nitrogen functional groups attached to an aromatic ring is 1. The maximum absolute atomic E-state index is 5.76. The van der Waals surface area contributed by atoms with Crippen LogP contribution in [-0.4, -0.2) is 25.1 Å². The van der Waals surface area contributed by atoms with Gasteiger partial charge >= 0.3 is 0 Å². The Morgan fingerprint density at radius 1 is 1.21 bits per heavy atom. The van der Waals surface area contributed by atoms with E-state index in [1.807, 2.05) is 25.3 Å². The SMILES string of the molecule is Cc1cc(Nc2nc(N)ncc2Cc2cccc3[nH]ccc23)n[nH]1. The van der Waals surface area contributed by atoms with Crippen molar-refractivity contribution in [1.82, 2.24) is 25.1 Å². The summed E-state index contributed by atoms with van der Waals surface area (Å²) in [6.45, 7) is 1.94. The zero-order valence-electron chi connectivity index (χ0n) is 13.2. The number of H-pyrrole nitrogens is 2. The molecule has 4 aromatic rings. The summed E-state index contributed by atoms with van der Waals surface area (Å²) in [5.74, 6) is 1.60. The summed E-state index contributed by atoms with van der Waals surface area (Å²) >= 11 is 0. The maximum atomic E-state index is 5.76. The second kappa shape index (κ2) is 5.69. The second-order valence-electron chi connectivity index (χ2n) is 5.70. The van der Waals surface area contributed by atoms with E-state index in [2.05, 4.69) is 48.7 Å². The van der Waals surface area contributed by atoms with Crippen molar-refractivity contribution in [3.63, 3.8) is 0 Å². The number of rotatable bonds is 4. The molecule has 0 amide bonds. The summed E-state index contributed by atoms with van der Waals surface area (Å²) in [6.07, 6.45) is 4.40. The quantitative estimate of drug-likeness (QED) is 0.462. The molecular formula is C17H17N7. The number of anilines is 3. The largest absolute Gasteiger partial charge is 0.368 e. The average molecular weight is 319 g/mol. The number of hydrogen-bond acceptors (Lipinski definition) is 5. The van der Waals surface area contributed by atoms with Gasteiger partial charge in [0, 0.05) is 47.0 Å². The highest BCUT2D eigenvalue weighted by molar-refractivity contribution is 5.83. The van der Waals surface area contributed by atoms with Crippen LogP contribution in [0.1, 0.15) is 16.8 Å². The van der Waals surface area contributed by atoms with Crippen LogP contribution in [0.5, 0.6) is 0 Å². The van der Waals surface area contributed by atoms with Gasteiger partial charge in [-0.25, -0.2) is 4.98 Å². The number of nitrogens with two attached hydrogens (primary N) is 1. The third-order valence-corrected chi connectivity index (χ3v) is 3.90. The molecule has 0 saturated carbocycles. The molecule has 7 heteroatoms. The number of benzene rings is 1. The molecule has 0 saturated heterocycles. The molecule has 0 bridgehead atoms. The first-order valence-electron chi connectivity index (χ1n) is 7.64. The van der Waals surface area contributed by atoms with Gasteiger partial charge in [0.05, 0.1) is 0 Å². The first kappa shape index (κ1) is 14.3. The van der Waals surface area contributed by atoms with Crippen molar-refractivity contribution in [2.24, 2.45) is 0 Å². The number of nitrogens with one attached hydrogen (secondary N) is 3. The van der Waals surface area contributed by atoms with Crippen LogP contribution in [0.3, 0.4) is 0 Å². The van der Waals surface area contributed by atoms with Gasteiger partial charge in [0.25, 0.3) is 0 Å². The van der Waals surface area contributed by atoms with E-state index < -0.39 is 0 Å². The summed E-state index contributed by atoms with van der Waals surface area (Å²) in [6, 6.07) is 10.2. The van der Waals surface area contributed by atoms with Gasteiger partial charge in [0.15, 0.2) is 5.82 Å². The minimum absolute atomic E-state index is 0.230. The third-order valence-electron chi connectivity index (χ3n) is 3.90. The molecular weight excluding hydrogens is 302 g/mol. The predicted molar refractivity (Wildman–Crippen MR) is 94.2 cm³/mol. The number of nitrogens with zero attached hydrogens (tertiary/aromatic N) is 3. The highest BCUT2D eigenvalue weighted by atomic mass is 15.2. The van der Waals surface area contributed by atoms with E-state index in [9.17, 15) is 0 Å². The van der Waals surface area contributed by atoms with Crippen molar-refractivity contribution >= 4 is 28.5 Å². The van der Waals surface area contributed by atoms with Crippen molar-refractivity contribution in [3.8, 4) is 0 Å². The Balaban J connectivity index is 1.71. The van der Waals surface area contributed by atoms with Crippen LogP contribution in [0, 0.1) is 6.92 Å². The molecule has 0 unspecified atom stereocenters. The first-order chi connectivity index (χ1) is 11.7. The summed E-state index contributed by atoms with van der Waals surface area (Å²) in [4.78, 5) is 11.7. The lowest BCUT2D eigenvalue weighted by Gasteiger charge is -2.10. The molecule has 0 aliphatic carbocycles. The van der Waals surface area contributed by atoms with Crippen molar-refractivity contribution < 1.29 is 0 Å². The molecule has 5 N–H and O–H groups in total. The lowest BCUT2D eigenvalue weighted by Crippen LogP contribution is -2.05. The average Bonchev–Trinajstić information content (AvgIpc) is 3.19. The number of aromatic nitrogens is 5. The highest BCUT2D eigenvalue weighted by Gasteiger charge is 2.11. The molecule has 1 aromatic carbocycles. The third kappa shape index (κ3) is 2.67. The molecule has 120 valence electrons. The van der Waals surface area contributed by atoms with Crippen LogP contribution >= 0.6 is 0 Å². The van der Waals surface area contributed by atoms with Crippen LogP contribution in [0.2, 0.25) is 0 Å². The standard InChI is InChI=1S/C17H17N7/c1-10-7-15(24-23-10)21-16-12(9-20-17(18)22-16)8-11-3-2-4-14-13(11)5-6-19-14/h2-7,9,19H,8H2,1H3,(H4,18,20,21,22,23,24). The van der Waals surface area contributed by atoms with E-state index in [1.165, 1.54) is 10.9 Å². The Morgan fingerprint density at radius 3 is 2.96 bits per heavy atom. The molecule has 0 radical (unpaired) electrons. The molecule has 24 heavy (non-hydrogen) atoms. The smallest absolute Gasteiger partial charge is 0.221 e. The van der Waals surface area contributed by atoms with Gasteiger partial charge < -0.3 is 16.0 Å². The fourth-order valence-electron chi connectivity index (χ4n) is 2.77. The van der Waals surface area contributed by atoms with E-state index in [0.29, 0.717) is 18.1 Å². The molecule has 0 fully saturated rings. The normalized spacial score (nSPS) is 11.0. The zero-order valence-corrected chi connectivity index (χ0v) is 13.2.